The van der Waals surface area contributed by atoms with Gasteiger partial charge in [-0.25, -0.2) is 4.79 Å². The molecule has 0 aliphatic rings. The molecule has 1 aromatic carbocycles. The van der Waals surface area contributed by atoms with Gasteiger partial charge in [-0.2, -0.15) is 13.8 Å². The molecule has 2 atom stereocenters. The average molecular weight is 352 g/mol. The molecule has 0 spiro atoms. The highest BCUT2D eigenvalue weighted by Gasteiger charge is 2.20. The van der Waals surface area contributed by atoms with Crippen molar-refractivity contribution in [3.63, 3.8) is 0 Å². The number of hydrogen-bond acceptors (Lipinski definition) is 5. The quantitative estimate of drug-likeness (QED) is 0.664. The molecule has 0 radical (unpaired) electrons. The number of aliphatic hydroxyl groups excluding tert-OH is 2. The third-order valence-corrected chi connectivity index (χ3v) is 3.41. The minimum absolute atomic E-state index is 0.0158. The summed E-state index contributed by atoms with van der Waals surface area (Å²) < 4.78 is 31.0. The minimum atomic E-state index is -1.51. The molecule has 2 rings (SSSR count). The molecule has 0 saturated heterocycles. The first-order chi connectivity index (χ1) is 12.0. The van der Waals surface area contributed by atoms with Crippen LogP contribution in [0.15, 0.2) is 42.5 Å². The van der Waals surface area contributed by atoms with Gasteiger partial charge >= 0.3 is 6.09 Å². The lowest BCUT2D eigenvalue weighted by atomic mass is 10.0. The maximum Gasteiger partial charge on any atom is 0.407 e. The molecule has 0 bridgehead atoms. The van der Waals surface area contributed by atoms with Gasteiger partial charge in [0.15, 0.2) is 0 Å². The SMILES string of the molecule is O=C(NCCC(O)C(O)c1cc(F)nc(F)c1)OCc1ccccc1. The molecule has 3 N–H and O–H groups in total. The molecule has 1 amide bonds. The Morgan fingerprint density at radius 2 is 1.80 bits per heavy atom. The fourth-order valence-electron chi connectivity index (χ4n) is 2.13. The largest absolute Gasteiger partial charge is 0.445 e. The number of rotatable bonds is 7. The highest BCUT2D eigenvalue weighted by Crippen LogP contribution is 2.19. The molecule has 0 saturated carbocycles. The van der Waals surface area contributed by atoms with Gasteiger partial charge in [0.2, 0.25) is 11.9 Å². The summed E-state index contributed by atoms with van der Waals surface area (Å²) in [7, 11) is 0. The van der Waals surface area contributed by atoms with Gasteiger partial charge in [-0.3, -0.25) is 0 Å². The van der Waals surface area contributed by atoms with E-state index in [1.54, 1.807) is 12.1 Å². The molecule has 0 aliphatic carbocycles. The van der Waals surface area contributed by atoms with Crippen LogP contribution in [0.3, 0.4) is 0 Å². The number of pyridine rings is 1. The molecule has 134 valence electrons. The Morgan fingerprint density at radius 3 is 2.44 bits per heavy atom. The molecule has 2 aromatic rings. The maximum atomic E-state index is 13.0. The van der Waals surface area contributed by atoms with E-state index in [9.17, 15) is 23.8 Å². The number of carbonyl (C=O) groups excluding carboxylic acids is 1. The molecule has 2 unspecified atom stereocenters. The average Bonchev–Trinajstić information content (AvgIpc) is 2.59. The van der Waals surface area contributed by atoms with Crippen LogP contribution >= 0.6 is 0 Å². The van der Waals surface area contributed by atoms with Crippen molar-refractivity contribution < 1.29 is 28.5 Å². The number of amides is 1. The number of ether oxygens (including phenoxy) is 1. The van der Waals surface area contributed by atoms with Crippen molar-refractivity contribution in [1.29, 1.82) is 0 Å². The number of nitrogens with one attached hydrogen (secondary N) is 1. The van der Waals surface area contributed by atoms with Gasteiger partial charge in [0.1, 0.15) is 12.7 Å². The van der Waals surface area contributed by atoms with Crippen LogP contribution in [0.1, 0.15) is 23.7 Å². The minimum Gasteiger partial charge on any atom is -0.445 e. The molecular weight excluding hydrogens is 334 g/mol. The van der Waals surface area contributed by atoms with Crippen molar-refractivity contribution in [2.24, 2.45) is 0 Å². The van der Waals surface area contributed by atoms with Crippen LogP contribution in [0.5, 0.6) is 0 Å². The van der Waals surface area contributed by atoms with Crippen LogP contribution in [0, 0.1) is 11.9 Å². The summed E-state index contributed by atoms with van der Waals surface area (Å²) in [5.74, 6) is -2.19. The summed E-state index contributed by atoms with van der Waals surface area (Å²) in [4.78, 5) is 14.4. The van der Waals surface area contributed by atoms with Crippen molar-refractivity contribution in [2.45, 2.75) is 25.2 Å². The Bertz CT molecular complexity index is 680. The van der Waals surface area contributed by atoms with Gasteiger partial charge in [0.25, 0.3) is 0 Å². The van der Waals surface area contributed by atoms with Crippen molar-refractivity contribution in [3.05, 3.63) is 65.5 Å². The van der Waals surface area contributed by atoms with Gasteiger partial charge in [0.05, 0.1) is 6.10 Å². The monoisotopic (exact) mass is 352 g/mol. The highest BCUT2D eigenvalue weighted by molar-refractivity contribution is 5.67. The first kappa shape index (κ1) is 18.8. The van der Waals surface area contributed by atoms with Crippen molar-refractivity contribution in [3.8, 4) is 0 Å². The number of halogens is 2. The summed E-state index contributed by atoms with van der Waals surface area (Å²) in [5, 5.41) is 22.2. The second-order valence-electron chi connectivity index (χ2n) is 5.34. The second kappa shape index (κ2) is 9.05. The maximum absolute atomic E-state index is 13.0. The second-order valence-corrected chi connectivity index (χ2v) is 5.34. The molecule has 0 fully saturated rings. The van der Waals surface area contributed by atoms with Crippen LogP contribution in [-0.4, -0.2) is 33.9 Å². The van der Waals surface area contributed by atoms with E-state index in [0.717, 1.165) is 17.7 Å². The van der Waals surface area contributed by atoms with Gasteiger partial charge in [-0.05, 0) is 29.7 Å². The molecule has 0 aliphatic heterocycles. The molecule has 25 heavy (non-hydrogen) atoms. The third kappa shape index (κ3) is 6.09. The van der Waals surface area contributed by atoms with Crippen molar-refractivity contribution in [1.82, 2.24) is 10.3 Å². The number of benzene rings is 1. The Hall–Kier alpha value is -2.58. The first-order valence-electron chi connectivity index (χ1n) is 7.59. The lowest BCUT2D eigenvalue weighted by Gasteiger charge is -2.18. The van der Waals surface area contributed by atoms with Crippen molar-refractivity contribution >= 4 is 6.09 Å². The summed E-state index contributed by atoms with van der Waals surface area (Å²) >= 11 is 0. The number of carbonyl (C=O) groups is 1. The third-order valence-electron chi connectivity index (χ3n) is 3.41. The van der Waals surface area contributed by atoms with Gasteiger partial charge < -0.3 is 20.3 Å². The summed E-state index contributed by atoms with van der Waals surface area (Å²) in [6, 6.07) is 10.8. The van der Waals surface area contributed by atoms with E-state index in [1.807, 2.05) is 18.2 Å². The predicted octanol–water partition coefficient (Wildman–Crippen LogP) is 2.07. The van der Waals surface area contributed by atoms with Crippen LogP contribution < -0.4 is 5.32 Å². The van der Waals surface area contributed by atoms with E-state index in [1.165, 1.54) is 0 Å². The predicted molar refractivity (Wildman–Crippen MR) is 84.4 cm³/mol. The Labute approximate surface area is 143 Å². The van der Waals surface area contributed by atoms with Crippen molar-refractivity contribution in [2.75, 3.05) is 6.54 Å². The zero-order valence-electron chi connectivity index (χ0n) is 13.2. The number of aromatic nitrogens is 1. The lowest BCUT2D eigenvalue weighted by Crippen LogP contribution is -2.29. The summed E-state index contributed by atoms with van der Waals surface area (Å²) in [6.07, 6.45) is -3.54. The zero-order valence-corrected chi connectivity index (χ0v) is 13.2. The fourth-order valence-corrected chi connectivity index (χ4v) is 2.13. The van der Waals surface area contributed by atoms with E-state index < -0.39 is 30.2 Å². The van der Waals surface area contributed by atoms with Crippen LogP contribution in [0.25, 0.3) is 0 Å². The van der Waals surface area contributed by atoms with Crippen LogP contribution in [0.2, 0.25) is 0 Å². The van der Waals surface area contributed by atoms with E-state index in [4.69, 9.17) is 4.74 Å². The number of nitrogens with zero attached hydrogens (tertiary/aromatic N) is 1. The number of aliphatic hydroxyl groups is 2. The molecular formula is C17H18F2N2O4. The van der Waals surface area contributed by atoms with E-state index >= 15 is 0 Å². The van der Waals surface area contributed by atoms with Gasteiger partial charge in [-0.1, -0.05) is 30.3 Å². The van der Waals surface area contributed by atoms with Crippen LogP contribution in [0.4, 0.5) is 13.6 Å². The summed E-state index contributed by atoms with van der Waals surface area (Å²) in [6.45, 7) is 0.120. The first-order valence-corrected chi connectivity index (χ1v) is 7.59. The Balaban J connectivity index is 1.73. The molecule has 8 heteroatoms. The van der Waals surface area contributed by atoms with E-state index in [2.05, 4.69) is 10.3 Å². The lowest BCUT2D eigenvalue weighted by molar-refractivity contribution is 0.0132. The van der Waals surface area contributed by atoms with E-state index in [-0.39, 0.29) is 25.1 Å². The highest BCUT2D eigenvalue weighted by atomic mass is 19.1. The normalized spacial score (nSPS) is 13.1. The van der Waals surface area contributed by atoms with Crippen LogP contribution in [-0.2, 0) is 11.3 Å². The molecule has 6 nitrogen and oxygen atoms in total. The molecule has 1 heterocycles. The van der Waals surface area contributed by atoms with Gasteiger partial charge in [-0.15, -0.1) is 0 Å². The Kier molecular flexibility index (Phi) is 6.79. The Morgan fingerprint density at radius 1 is 1.16 bits per heavy atom. The van der Waals surface area contributed by atoms with Gasteiger partial charge in [0, 0.05) is 6.54 Å². The zero-order chi connectivity index (χ0) is 18.2. The molecule has 1 aromatic heterocycles. The van der Waals surface area contributed by atoms with E-state index in [0.29, 0.717) is 0 Å². The summed E-state index contributed by atoms with van der Waals surface area (Å²) in [5.41, 5.74) is 0.694. The number of hydrogen-bond donors (Lipinski definition) is 3. The smallest absolute Gasteiger partial charge is 0.407 e. The number of alkyl carbamates (subject to hydrolysis) is 1. The standard InChI is InChI=1S/C17H18F2N2O4/c18-14-8-12(9-15(19)21-14)16(23)13(22)6-7-20-17(24)25-10-11-4-2-1-3-5-11/h1-5,8-9,13,16,22-23H,6-7,10H2,(H,20,24). The fraction of sp³-hybridized carbons (Fsp3) is 0.294. The topological polar surface area (TPSA) is 91.7 Å².